The Morgan fingerprint density at radius 2 is 1.78 bits per heavy atom. The molecule has 37 heavy (non-hydrogen) atoms. The number of nitrogens with two attached hydrogens (primary N) is 1. The summed E-state index contributed by atoms with van der Waals surface area (Å²) >= 11 is 1.48. The van der Waals surface area contributed by atoms with Gasteiger partial charge in [0.2, 0.25) is 5.91 Å². The van der Waals surface area contributed by atoms with E-state index in [1.54, 1.807) is 5.51 Å². The van der Waals surface area contributed by atoms with Gasteiger partial charge < -0.3 is 15.8 Å². The smallest absolute Gasteiger partial charge is 0.237 e. The van der Waals surface area contributed by atoms with E-state index < -0.39 is 6.04 Å². The molecule has 3 N–H and O–H groups in total. The van der Waals surface area contributed by atoms with Crippen molar-refractivity contribution in [3.8, 4) is 5.75 Å². The van der Waals surface area contributed by atoms with Gasteiger partial charge in [0.1, 0.15) is 11.5 Å². The molecular weight excluding hydrogens is 482 g/mol. The number of hydrogen-bond acceptors (Lipinski definition) is 6. The first-order valence-corrected chi connectivity index (χ1v) is 14.0. The minimum absolute atomic E-state index is 0.130. The number of carbonyl (C=O) groups excluding carboxylic acids is 2. The lowest BCUT2D eigenvalue weighted by atomic mass is 9.87. The van der Waals surface area contributed by atoms with Crippen LogP contribution in [0.2, 0.25) is 0 Å². The molecule has 3 aromatic rings. The molecular formula is C30H39N3O3S. The maximum absolute atomic E-state index is 13.3. The average Bonchev–Trinajstić information content (AvgIpc) is 3.43. The van der Waals surface area contributed by atoms with Gasteiger partial charge in [0.05, 0.1) is 23.9 Å². The molecule has 0 aliphatic rings. The van der Waals surface area contributed by atoms with Crippen molar-refractivity contribution in [1.29, 1.82) is 0 Å². The summed E-state index contributed by atoms with van der Waals surface area (Å²) in [5.41, 5.74) is 10.6. The monoisotopic (exact) mass is 521 g/mol. The van der Waals surface area contributed by atoms with E-state index in [1.165, 1.54) is 11.3 Å². The van der Waals surface area contributed by atoms with Crippen LogP contribution in [-0.4, -0.2) is 35.9 Å². The van der Waals surface area contributed by atoms with Crippen molar-refractivity contribution >= 4 is 23.0 Å². The van der Waals surface area contributed by atoms with Gasteiger partial charge in [-0.1, -0.05) is 69.7 Å². The Labute approximate surface area is 224 Å². The molecule has 0 spiro atoms. The number of amides is 1. The van der Waals surface area contributed by atoms with Gasteiger partial charge >= 0.3 is 0 Å². The number of thiazole rings is 1. The van der Waals surface area contributed by atoms with Gasteiger partial charge in [-0.15, -0.1) is 11.3 Å². The second-order valence-corrected chi connectivity index (χ2v) is 10.5. The van der Waals surface area contributed by atoms with E-state index >= 15 is 0 Å². The highest BCUT2D eigenvalue weighted by molar-refractivity contribution is 7.07. The molecule has 0 fully saturated rings. The van der Waals surface area contributed by atoms with Crippen molar-refractivity contribution in [2.75, 3.05) is 13.2 Å². The highest BCUT2D eigenvalue weighted by Crippen LogP contribution is 2.27. The lowest BCUT2D eigenvalue weighted by molar-refractivity contribution is -0.123. The number of ether oxygens (including phenoxy) is 1. The summed E-state index contributed by atoms with van der Waals surface area (Å²) in [5.74, 6) is 0.787. The van der Waals surface area contributed by atoms with Crippen LogP contribution in [-0.2, 0) is 16.0 Å². The van der Waals surface area contributed by atoms with Crippen molar-refractivity contribution in [1.82, 2.24) is 10.3 Å². The zero-order valence-corrected chi connectivity index (χ0v) is 22.9. The van der Waals surface area contributed by atoms with Crippen LogP contribution >= 0.6 is 11.3 Å². The Morgan fingerprint density at radius 1 is 1.05 bits per heavy atom. The maximum Gasteiger partial charge on any atom is 0.237 e. The summed E-state index contributed by atoms with van der Waals surface area (Å²) in [4.78, 5) is 30.2. The van der Waals surface area contributed by atoms with E-state index in [1.807, 2.05) is 66.9 Å². The molecule has 0 aliphatic carbocycles. The molecule has 2 aromatic carbocycles. The summed E-state index contributed by atoms with van der Waals surface area (Å²) in [6, 6.07) is 17.0. The minimum atomic E-state index is -0.692. The van der Waals surface area contributed by atoms with Gasteiger partial charge in [-0.2, -0.15) is 0 Å². The molecule has 4 atom stereocenters. The molecule has 6 nitrogen and oxygen atoms in total. The fourth-order valence-corrected chi connectivity index (χ4v) is 4.89. The van der Waals surface area contributed by atoms with Crippen molar-refractivity contribution in [3.05, 3.63) is 82.3 Å². The van der Waals surface area contributed by atoms with Gasteiger partial charge in [-0.05, 0) is 35.6 Å². The quantitative estimate of drug-likeness (QED) is 0.276. The number of aromatic nitrogens is 1. The normalized spacial score (nSPS) is 14.4. The predicted octanol–water partition coefficient (Wildman–Crippen LogP) is 5.49. The third-order valence-electron chi connectivity index (χ3n) is 6.67. The number of carbonyl (C=O) groups is 2. The van der Waals surface area contributed by atoms with E-state index in [4.69, 9.17) is 10.5 Å². The summed E-state index contributed by atoms with van der Waals surface area (Å²) in [7, 11) is 0. The van der Waals surface area contributed by atoms with Crippen LogP contribution in [0.4, 0.5) is 0 Å². The highest BCUT2D eigenvalue weighted by atomic mass is 32.1. The Balaban J connectivity index is 1.68. The van der Waals surface area contributed by atoms with Gasteiger partial charge in [-0.25, -0.2) is 4.98 Å². The maximum atomic E-state index is 13.3. The van der Waals surface area contributed by atoms with Gasteiger partial charge in [-0.3, -0.25) is 9.59 Å². The SMILES string of the molecule is CCCC(C)COc1ccc([C@H](CNC(=O)[C@H](N)Cc2cscn2)CC(=O)[C@@H](C)c2ccccc2)cc1. The van der Waals surface area contributed by atoms with Gasteiger partial charge in [0.15, 0.2) is 0 Å². The Hall–Kier alpha value is -3.03. The summed E-state index contributed by atoms with van der Waals surface area (Å²) in [5, 5.41) is 4.87. The summed E-state index contributed by atoms with van der Waals surface area (Å²) in [6.07, 6.45) is 2.96. The van der Waals surface area contributed by atoms with Gasteiger partial charge in [0, 0.05) is 36.6 Å². The molecule has 1 heterocycles. The average molecular weight is 522 g/mol. The summed E-state index contributed by atoms with van der Waals surface area (Å²) in [6.45, 7) is 7.30. The molecule has 0 bridgehead atoms. The highest BCUT2D eigenvalue weighted by Gasteiger charge is 2.23. The van der Waals surface area contributed by atoms with Gasteiger partial charge in [0.25, 0.3) is 0 Å². The summed E-state index contributed by atoms with van der Waals surface area (Å²) < 4.78 is 5.95. The first kappa shape index (κ1) is 28.5. The second-order valence-electron chi connectivity index (χ2n) is 9.81. The van der Waals surface area contributed by atoms with E-state index in [0.29, 0.717) is 31.9 Å². The first-order chi connectivity index (χ1) is 17.9. The van der Waals surface area contributed by atoms with Crippen LogP contribution in [0, 0.1) is 5.92 Å². The molecule has 1 aromatic heterocycles. The minimum Gasteiger partial charge on any atom is -0.493 e. The molecule has 1 unspecified atom stereocenters. The lowest BCUT2D eigenvalue weighted by Crippen LogP contribution is -2.43. The molecule has 1 amide bonds. The largest absolute Gasteiger partial charge is 0.493 e. The number of nitrogens with one attached hydrogen (secondary N) is 1. The Bertz CT molecular complexity index is 1090. The molecule has 0 aliphatic heterocycles. The number of hydrogen-bond donors (Lipinski definition) is 2. The van der Waals surface area contributed by atoms with Crippen molar-refractivity contribution in [3.63, 3.8) is 0 Å². The zero-order chi connectivity index (χ0) is 26.6. The lowest BCUT2D eigenvalue weighted by Gasteiger charge is -2.21. The number of benzene rings is 2. The first-order valence-electron chi connectivity index (χ1n) is 13.1. The molecule has 0 saturated heterocycles. The fraction of sp³-hybridized carbons (Fsp3) is 0.433. The zero-order valence-electron chi connectivity index (χ0n) is 22.1. The molecule has 3 rings (SSSR count). The van der Waals surface area contributed by atoms with Crippen LogP contribution in [0.1, 0.15) is 68.7 Å². The number of nitrogens with zero attached hydrogens (tertiary/aromatic N) is 1. The predicted molar refractivity (Wildman–Crippen MR) is 150 cm³/mol. The van der Waals surface area contributed by atoms with Crippen molar-refractivity contribution < 1.29 is 14.3 Å². The van der Waals surface area contributed by atoms with Crippen molar-refractivity contribution in [2.24, 2.45) is 11.7 Å². The third-order valence-corrected chi connectivity index (χ3v) is 7.30. The van der Waals surface area contributed by atoms with E-state index in [9.17, 15) is 9.59 Å². The molecule has 7 heteroatoms. The van der Waals surface area contributed by atoms with E-state index in [0.717, 1.165) is 35.4 Å². The van der Waals surface area contributed by atoms with E-state index in [2.05, 4.69) is 24.1 Å². The van der Waals surface area contributed by atoms with Crippen molar-refractivity contribution in [2.45, 2.75) is 64.3 Å². The fourth-order valence-electron chi connectivity index (χ4n) is 4.32. The molecule has 198 valence electrons. The van der Waals surface area contributed by atoms with Crippen LogP contribution < -0.4 is 15.8 Å². The molecule has 0 saturated carbocycles. The Morgan fingerprint density at radius 3 is 2.43 bits per heavy atom. The van der Waals surface area contributed by atoms with Crippen LogP contribution in [0.25, 0.3) is 0 Å². The molecule has 0 radical (unpaired) electrons. The standard InChI is InChI=1S/C30H39N3O3S/c1-4-8-21(2)18-36-27-13-11-24(12-14-27)25(15-29(34)22(3)23-9-6-5-7-10-23)17-32-30(35)28(31)16-26-19-37-20-33-26/h5-7,9-14,19-22,25,28H,4,8,15-18,31H2,1-3H3,(H,32,35)/t21?,22-,25-,28+/m0/s1. The van der Waals surface area contributed by atoms with Crippen LogP contribution in [0.3, 0.4) is 0 Å². The Kier molecular flexibility index (Phi) is 11.3. The second kappa shape index (κ2) is 14.6. The van der Waals surface area contributed by atoms with Crippen LogP contribution in [0.5, 0.6) is 5.75 Å². The van der Waals surface area contributed by atoms with E-state index in [-0.39, 0.29) is 23.5 Å². The topological polar surface area (TPSA) is 94.3 Å². The van der Waals surface area contributed by atoms with Crippen LogP contribution in [0.15, 0.2) is 65.5 Å². The number of Topliss-reactive ketones (excluding diaryl/α,β-unsaturated/α-hetero) is 1. The number of ketones is 1. The third kappa shape index (κ3) is 9.09. The number of rotatable bonds is 15.